The molecule has 1 aromatic heterocycles. The highest BCUT2D eigenvalue weighted by Gasteiger charge is 2.20. The van der Waals surface area contributed by atoms with Crippen molar-refractivity contribution in [3.63, 3.8) is 0 Å². The molecule has 0 unspecified atom stereocenters. The Kier molecular flexibility index (Phi) is 3.61. The van der Waals surface area contributed by atoms with Crippen LogP contribution in [0.5, 0.6) is 0 Å². The summed E-state index contributed by atoms with van der Waals surface area (Å²) < 4.78 is 5.38. The molecule has 0 N–H and O–H groups in total. The second kappa shape index (κ2) is 5.04. The van der Waals surface area contributed by atoms with Crippen molar-refractivity contribution < 1.29 is 9.21 Å². The number of carbonyl (C=O) groups excluding carboxylic acids is 1. The maximum absolute atomic E-state index is 12.8. The zero-order valence-corrected chi connectivity index (χ0v) is 12.3. The van der Waals surface area contributed by atoms with Crippen molar-refractivity contribution >= 4 is 5.78 Å². The monoisotopic (exact) mass is 256 g/mol. The molecule has 0 saturated heterocycles. The molecule has 0 aliphatic rings. The van der Waals surface area contributed by atoms with E-state index < -0.39 is 0 Å². The molecule has 0 atom stereocenters. The largest absolute Gasteiger partial charge is 0.469 e. The smallest absolute Gasteiger partial charge is 0.197 e. The zero-order valence-electron chi connectivity index (χ0n) is 12.3. The molecule has 0 amide bonds. The molecular formula is C17H20O2. The van der Waals surface area contributed by atoms with Crippen LogP contribution in [0.25, 0.3) is 0 Å². The molecule has 2 rings (SSSR count). The minimum absolute atomic E-state index is 0.0763. The van der Waals surface area contributed by atoms with Gasteiger partial charge in [0, 0.05) is 12.0 Å². The van der Waals surface area contributed by atoms with Gasteiger partial charge in [0.25, 0.3) is 0 Å². The quantitative estimate of drug-likeness (QED) is 0.766. The molecule has 0 saturated carbocycles. The third kappa shape index (κ3) is 2.23. The predicted molar refractivity (Wildman–Crippen MR) is 76.9 cm³/mol. The molecule has 1 aromatic carbocycles. The lowest BCUT2D eigenvalue weighted by molar-refractivity contribution is 0.103. The van der Waals surface area contributed by atoms with E-state index in [4.69, 9.17) is 4.42 Å². The Morgan fingerprint density at radius 2 is 1.68 bits per heavy atom. The van der Waals surface area contributed by atoms with Gasteiger partial charge in [-0.05, 0) is 56.0 Å². The van der Waals surface area contributed by atoms with Gasteiger partial charge < -0.3 is 4.42 Å². The van der Waals surface area contributed by atoms with Crippen LogP contribution in [0.4, 0.5) is 0 Å². The summed E-state index contributed by atoms with van der Waals surface area (Å²) in [5, 5.41) is 0. The zero-order chi connectivity index (χ0) is 14.2. The molecule has 0 bridgehead atoms. The van der Waals surface area contributed by atoms with Crippen LogP contribution in [0.2, 0.25) is 0 Å². The summed E-state index contributed by atoms with van der Waals surface area (Å²) in [5.74, 6) is 0.843. The highest BCUT2D eigenvalue weighted by Crippen LogP contribution is 2.26. The lowest BCUT2D eigenvalue weighted by Crippen LogP contribution is -2.09. The molecule has 0 fully saturated rings. The maximum Gasteiger partial charge on any atom is 0.197 e. The molecule has 1 heterocycles. The van der Waals surface area contributed by atoms with Crippen LogP contribution in [0.1, 0.15) is 50.9 Å². The first-order valence-corrected chi connectivity index (χ1v) is 6.65. The van der Waals surface area contributed by atoms with Gasteiger partial charge >= 0.3 is 0 Å². The molecule has 100 valence electrons. The Labute approximate surface area is 114 Å². The fraction of sp³-hybridized carbons (Fsp3) is 0.353. The summed E-state index contributed by atoms with van der Waals surface area (Å²) in [6.07, 6.45) is 2.33. The van der Waals surface area contributed by atoms with E-state index in [0.717, 1.165) is 40.0 Å². The molecular weight excluding hydrogens is 236 g/mol. The number of aryl methyl sites for hydroxylation is 3. The first kappa shape index (κ1) is 13.6. The normalized spacial score (nSPS) is 10.8. The van der Waals surface area contributed by atoms with Crippen LogP contribution in [-0.4, -0.2) is 5.78 Å². The number of hydrogen-bond acceptors (Lipinski definition) is 2. The Morgan fingerprint density at radius 1 is 1.11 bits per heavy atom. The van der Waals surface area contributed by atoms with Crippen molar-refractivity contribution in [1.29, 1.82) is 0 Å². The summed E-state index contributed by atoms with van der Waals surface area (Å²) >= 11 is 0. The van der Waals surface area contributed by atoms with Gasteiger partial charge in [-0.25, -0.2) is 0 Å². The molecule has 2 heteroatoms. The van der Waals surface area contributed by atoms with Crippen LogP contribution in [-0.2, 0) is 6.42 Å². The fourth-order valence-electron chi connectivity index (χ4n) is 2.51. The third-order valence-electron chi connectivity index (χ3n) is 3.90. The van der Waals surface area contributed by atoms with Crippen molar-refractivity contribution in [2.75, 3.05) is 0 Å². The predicted octanol–water partition coefficient (Wildman–Crippen LogP) is 4.31. The van der Waals surface area contributed by atoms with E-state index >= 15 is 0 Å². The SMILES string of the molecule is CCc1occc1C(=O)c1c(C)c(C)cc(C)c1C. The highest BCUT2D eigenvalue weighted by atomic mass is 16.3. The second-order valence-corrected chi connectivity index (χ2v) is 5.08. The topological polar surface area (TPSA) is 30.2 Å². The number of furan rings is 1. The Balaban J connectivity index is 2.63. The van der Waals surface area contributed by atoms with Crippen LogP contribution in [0.3, 0.4) is 0 Å². The minimum Gasteiger partial charge on any atom is -0.469 e. The van der Waals surface area contributed by atoms with Crippen LogP contribution >= 0.6 is 0 Å². The van der Waals surface area contributed by atoms with E-state index in [0.29, 0.717) is 5.56 Å². The lowest BCUT2D eigenvalue weighted by atomic mass is 9.89. The van der Waals surface area contributed by atoms with Crippen molar-refractivity contribution in [2.45, 2.75) is 41.0 Å². The van der Waals surface area contributed by atoms with E-state index in [1.807, 2.05) is 20.8 Å². The maximum atomic E-state index is 12.8. The number of rotatable bonds is 3. The summed E-state index contributed by atoms with van der Waals surface area (Å²) in [5.41, 5.74) is 5.97. The van der Waals surface area contributed by atoms with Crippen LogP contribution in [0.15, 0.2) is 22.8 Å². The van der Waals surface area contributed by atoms with Gasteiger partial charge in [-0.2, -0.15) is 0 Å². The van der Waals surface area contributed by atoms with Crippen molar-refractivity contribution in [3.05, 3.63) is 57.5 Å². The summed E-state index contributed by atoms with van der Waals surface area (Å²) in [7, 11) is 0. The van der Waals surface area contributed by atoms with E-state index in [1.165, 1.54) is 0 Å². The lowest BCUT2D eigenvalue weighted by Gasteiger charge is -2.14. The van der Waals surface area contributed by atoms with E-state index in [-0.39, 0.29) is 5.78 Å². The average Bonchev–Trinajstić information content (AvgIpc) is 2.84. The Hall–Kier alpha value is -1.83. The molecule has 2 aromatic rings. The summed E-state index contributed by atoms with van der Waals surface area (Å²) in [6, 6.07) is 3.91. The van der Waals surface area contributed by atoms with Gasteiger partial charge in [0.15, 0.2) is 5.78 Å². The molecule has 0 aliphatic heterocycles. The number of ketones is 1. The Bertz CT molecular complexity index is 607. The van der Waals surface area contributed by atoms with Gasteiger partial charge in [0.05, 0.1) is 11.8 Å². The van der Waals surface area contributed by atoms with E-state index in [9.17, 15) is 4.79 Å². The number of hydrogen-bond donors (Lipinski definition) is 0. The first-order chi connectivity index (χ1) is 8.97. The van der Waals surface area contributed by atoms with Gasteiger partial charge in [0.1, 0.15) is 5.76 Å². The second-order valence-electron chi connectivity index (χ2n) is 5.08. The molecule has 19 heavy (non-hydrogen) atoms. The minimum atomic E-state index is 0.0763. The average molecular weight is 256 g/mol. The molecule has 0 aliphatic carbocycles. The molecule has 2 nitrogen and oxygen atoms in total. The van der Waals surface area contributed by atoms with Crippen LogP contribution < -0.4 is 0 Å². The standard InChI is InChI=1S/C17H20O2/c1-6-15-14(7-8-19-15)17(18)16-12(4)10(2)9-11(3)13(16)5/h7-9H,6H2,1-5H3. The molecule has 0 spiro atoms. The number of carbonyl (C=O) groups is 1. The highest BCUT2D eigenvalue weighted by molar-refractivity contribution is 6.11. The van der Waals surface area contributed by atoms with Gasteiger partial charge in [-0.3, -0.25) is 4.79 Å². The molecule has 0 radical (unpaired) electrons. The van der Waals surface area contributed by atoms with Gasteiger partial charge in [-0.1, -0.05) is 13.0 Å². The summed E-state index contributed by atoms with van der Waals surface area (Å²) in [6.45, 7) is 10.1. The number of benzene rings is 1. The fourth-order valence-corrected chi connectivity index (χ4v) is 2.51. The van der Waals surface area contributed by atoms with Crippen LogP contribution in [0, 0.1) is 27.7 Å². The summed E-state index contributed by atoms with van der Waals surface area (Å²) in [4.78, 5) is 12.8. The first-order valence-electron chi connectivity index (χ1n) is 6.65. The van der Waals surface area contributed by atoms with Gasteiger partial charge in [-0.15, -0.1) is 0 Å². The third-order valence-corrected chi connectivity index (χ3v) is 3.90. The van der Waals surface area contributed by atoms with E-state index in [1.54, 1.807) is 12.3 Å². The van der Waals surface area contributed by atoms with Crippen molar-refractivity contribution in [3.8, 4) is 0 Å². The van der Waals surface area contributed by atoms with Crippen molar-refractivity contribution in [1.82, 2.24) is 0 Å². The Morgan fingerprint density at radius 3 is 2.21 bits per heavy atom. The van der Waals surface area contributed by atoms with Crippen molar-refractivity contribution in [2.24, 2.45) is 0 Å². The van der Waals surface area contributed by atoms with Gasteiger partial charge in [0.2, 0.25) is 0 Å². The van der Waals surface area contributed by atoms with E-state index in [2.05, 4.69) is 19.9 Å².